The van der Waals surface area contributed by atoms with Gasteiger partial charge in [-0.1, -0.05) is 12.8 Å². The summed E-state index contributed by atoms with van der Waals surface area (Å²) in [5.74, 6) is -2.46. The van der Waals surface area contributed by atoms with Crippen LogP contribution in [0.3, 0.4) is 0 Å². The zero-order valence-electron chi connectivity index (χ0n) is 16.9. The van der Waals surface area contributed by atoms with Crippen molar-refractivity contribution in [2.24, 2.45) is 17.8 Å². The van der Waals surface area contributed by atoms with Gasteiger partial charge in [0.05, 0.1) is 6.61 Å². The molecule has 0 unspecified atom stereocenters. The van der Waals surface area contributed by atoms with Gasteiger partial charge in [0.25, 0.3) is 0 Å². The van der Waals surface area contributed by atoms with Gasteiger partial charge in [-0.05, 0) is 76.0 Å². The minimum Gasteiger partial charge on any atom is -0.462 e. The van der Waals surface area contributed by atoms with Gasteiger partial charge in [-0.25, -0.2) is 9.59 Å². The van der Waals surface area contributed by atoms with Crippen molar-refractivity contribution in [1.82, 2.24) is 10.6 Å². The van der Waals surface area contributed by atoms with Crippen molar-refractivity contribution >= 4 is 12.0 Å². The highest BCUT2D eigenvalue weighted by molar-refractivity contribution is 5.77. The zero-order chi connectivity index (χ0) is 20.2. The molecule has 160 valence electrons. The molecule has 4 fully saturated rings. The van der Waals surface area contributed by atoms with Crippen LogP contribution >= 0.6 is 0 Å². The summed E-state index contributed by atoms with van der Waals surface area (Å²) in [6, 6.07) is -0.0872. The fourth-order valence-electron chi connectivity index (χ4n) is 5.92. The van der Waals surface area contributed by atoms with Crippen LogP contribution in [-0.2, 0) is 9.53 Å². The predicted molar refractivity (Wildman–Crippen MR) is 102 cm³/mol. The smallest absolute Gasteiger partial charge is 0.376 e. The van der Waals surface area contributed by atoms with Crippen LogP contribution in [0.4, 0.5) is 13.6 Å². The van der Waals surface area contributed by atoms with Crippen LogP contribution in [0.1, 0.15) is 77.6 Å². The third-order valence-corrected chi connectivity index (χ3v) is 6.69. The van der Waals surface area contributed by atoms with Crippen molar-refractivity contribution < 1.29 is 23.1 Å². The van der Waals surface area contributed by atoms with Gasteiger partial charge in [-0.15, -0.1) is 0 Å². The highest BCUT2D eigenvalue weighted by Gasteiger charge is 2.51. The average Bonchev–Trinajstić information content (AvgIpc) is 2.59. The molecule has 4 saturated carbocycles. The van der Waals surface area contributed by atoms with Crippen molar-refractivity contribution in [2.75, 3.05) is 13.2 Å². The summed E-state index contributed by atoms with van der Waals surface area (Å²) in [6.45, 7) is 2.03. The number of hydrogen-bond acceptors (Lipinski definition) is 3. The topological polar surface area (TPSA) is 67.4 Å². The molecule has 0 radical (unpaired) electrons. The highest BCUT2D eigenvalue weighted by Crippen LogP contribution is 2.55. The Morgan fingerprint density at radius 1 is 1.00 bits per heavy atom. The molecule has 0 aromatic heterocycles. The summed E-state index contributed by atoms with van der Waals surface area (Å²) in [5, 5.41) is 6.20. The average molecular weight is 401 g/mol. The lowest BCUT2D eigenvalue weighted by Gasteiger charge is -2.56. The molecule has 2 N–H and O–H groups in total. The molecule has 0 saturated heterocycles. The first kappa shape index (κ1) is 21.3. The number of nitrogens with one attached hydrogen (secondary N) is 2. The lowest BCUT2D eigenvalue weighted by atomic mass is 9.53. The number of halogens is 2. The van der Waals surface area contributed by atoms with E-state index in [1.807, 2.05) is 0 Å². The van der Waals surface area contributed by atoms with Crippen LogP contribution in [0, 0.1) is 17.8 Å². The first-order chi connectivity index (χ1) is 13.3. The van der Waals surface area contributed by atoms with Crippen LogP contribution in [-0.4, -0.2) is 36.6 Å². The van der Waals surface area contributed by atoms with Crippen molar-refractivity contribution in [3.63, 3.8) is 0 Å². The van der Waals surface area contributed by atoms with Crippen molar-refractivity contribution in [1.29, 1.82) is 0 Å². The molecule has 0 aromatic rings. The van der Waals surface area contributed by atoms with E-state index in [2.05, 4.69) is 15.4 Å². The summed E-state index contributed by atoms with van der Waals surface area (Å²) in [5.41, 5.74) is 0.0114. The monoisotopic (exact) mass is 400 g/mol. The summed E-state index contributed by atoms with van der Waals surface area (Å²) < 4.78 is 31.4. The third-order valence-electron chi connectivity index (χ3n) is 6.69. The Kier molecular flexibility index (Phi) is 6.81. The molecule has 5 nitrogen and oxygen atoms in total. The second-order valence-corrected chi connectivity index (χ2v) is 9.17. The SMILES string of the molecule is CCOC(=O)C(F)(F)CCCCCCNC(=O)NC12CC3CC(CC(C3)C1)C2. The summed E-state index contributed by atoms with van der Waals surface area (Å²) >= 11 is 0. The number of esters is 1. The summed E-state index contributed by atoms with van der Waals surface area (Å²) in [7, 11) is 0. The maximum atomic E-state index is 13.5. The quantitative estimate of drug-likeness (QED) is 0.422. The first-order valence-corrected chi connectivity index (χ1v) is 10.9. The van der Waals surface area contributed by atoms with E-state index in [1.165, 1.54) is 26.2 Å². The lowest BCUT2D eigenvalue weighted by molar-refractivity contribution is -0.172. The first-order valence-electron chi connectivity index (χ1n) is 10.9. The zero-order valence-corrected chi connectivity index (χ0v) is 16.9. The van der Waals surface area contributed by atoms with Gasteiger partial charge in [0.2, 0.25) is 0 Å². The number of unbranched alkanes of at least 4 members (excludes halogenated alkanes) is 3. The standard InChI is InChI=1S/C21H34F2N2O3/c1-2-28-18(26)21(22,23)7-5-3-4-6-8-24-19(27)25-20-12-15-9-16(13-20)11-17(10-15)14-20/h15-17H,2-14H2,1H3,(H2,24,25,27). The largest absolute Gasteiger partial charge is 0.462 e. The number of amides is 2. The fraction of sp³-hybridized carbons (Fsp3) is 0.905. The van der Waals surface area contributed by atoms with Gasteiger partial charge in [0.1, 0.15) is 0 Å². The van der Waals surface area contributed by atoms with Crippen LogP contribution in [0.2, 0.25) is 0 Å². The molecule has 4 aliphatic rings. The van der Waals surface area contributed by atoms with Gasteiger partial charge >= 0.3 is 17.9 Å². The minimum absolute atomic E-state index is 0.0114. The van der Waals surface area contributed by atoms with E-state index >= 15 is 0 Å². The Balaban J connectivity index is 1.26. The molecule has 4 aliphatic carbocycles. The van der Waals surface area contributed by atoms with E-state index < -0.39 is 18.3 Å². The predicted octanol–water partition coefficient (Wildman–Crippen LogP) is 4.40. The van der Waals surface area contributed by atoms with Crippen molar-refractivity contribution in [3.8, 4) is 0 Å². The van der Waals surface area contributed by atoms with Gasteiger partial charge < -0.3 is 15.4 Å². The molecule has 0 spiro atoms. The Morgan fingerprint density at radius 3 is 2.14 bits per heavy atom. The van der Waals surface area contributed by atoms with E-state index in [-0.39, 0.29) is 24.6 Å². The molecular weight excluding hydrogens is 366 g/mol. The van der Waals surface area contributed by atoms with Crippen LogP contribution < -0.4 is 10.6 Å². The Labute approximate surface area is 166 Å². The number of urea groups is 1. The molecule has 28 heavy (non-hydrogen) atoms. The molecule has 4 rings (SSSR count). The fourth-order valence-corrected chi connectivity index (χ4v) is 5.92. The summed E-state index contributed by atoms with van der Waals surface area (Å²) in [4.78, 5) is 23.5. The maximum Gasteiger partial charge on any atom is 0.376 e. The Morgan fingerprint density at radius 2 is 1.57 bits per heavy atom. The third kappa shape index (κ3) is 5.35. The number of alkyl halides is 2. The van der Waals surface area contributed by atoms with E-state index in [1.54, 1.807) is 0 Å². The van der Waals surface area contributed by atoms with Crippen LogP contribution in [0.15, 0.2) is 0 Å². The second-order valence-electron chi connectivity index (χ2n) is 9.17. The van der Waals surface area contributed by atoms with Crippen LogP contribution in [0.5, 0.6) is 0 Å². The number of ether oxygens (including phenoxy) is 1. The van der Waals surface area contributed by atoms with Gasteiger partial charge in [-0.3, -0.25) is 0 Å². The van der Waals surface area contributed by atoms with E-state index in [4.69, 9.17) is 0 Å². The molecule has 4 bridgehead atoms. The number of carbonyl (C=O) groups is 2. The molecule has 0 aromatic carbocycles. The van der Waals surface area contributed by atoms with E-state index in [9.17, 15) is 18.4 Å². The van der Waals surface area contributed by atoms with E-state index in [0.29, 0.717) is 13.0 Å². The number of hydrogen-bond donors (Lipinski definition) is 2. The minimum atomic E-state index is -3.40. The number of rotatable bonds is 10. The molecule has 2 amide bonds. The Hall–Kier alpha value is -1.40. The molecule has 7 heteroatoms. The van der Waals surface area contributed by atoms with E-state index in [0.717, 1.165) is 49.9 Å². The molecular formula is C21H34F2N2O3. The number of carbonyl (C=O) groups excluding carboxylic acids is 2. The van der Waals surface area contributed by atoms with Crippen molar-refractivity contribution in [2.45, 2.75) is 89.0 Å². The van der Waals surface area contributed by atoms with Gasteiger partial charge in [0.15, 0.2) is 0 Å². The summed E-state index contributed by atoms with van der Waals surface area (Å²) in [6.07, 6.45) is 9.30. The lowest BCUT2D eigenvalue weighted by Crippen LogP contribution is -2.61. The van der Waals surface area contributed by atoms with Crippen molar-refractivity contribution in [3.05, 3.63) is 0 Å². The second kappa shape index (κ2) is 8.95. The highest BCUT2D eigenvalue weighted by atomic mass is 19.3. The maximum absolute atomic E-state index is 13.5. The van der Waals surface area contributed by atoms with Gasteiger partial charge in [0, 0.05) is 18.5 Å². The molecule has 0 heterocycles. The molecule has 0 aliphatic heterocycles. The Bertz CT molecular complexity index is 533. The van der Waals surface area contributed by atoms with Gasteiger partial charge in [-0.2, -0.15) is 8.78 Å². The van der Waals surface area contributed by atoms with Crippen LogP contribution in [0.25, 0.3) is 0 Å². The normalized spacial score (nSPS) is 30.9. The molecule has 0 atom stereocenters.